The highest BCUT2D eigenvalue weighted by Crippen LogP contribution is 2.37. The second-order valence-corrected chi connectivity index (χ2v) is 7.94. The first-order valence-electron chi connectivity index (χ1n) is 11.3. The number of pyridine rings is 1. The van der Waals surface area contributed by atoms with E-state index in [0.717, 1.165) is 16.7 Å². The van der Waals surface area contributed by atoms with Gasteiger partial charge in [0.1, 0.15) is 11.6 Å². The number of benzene rings is 4. The molecule has 0 aliphatic rings. The molecule has 0 fully saturated rings. The summed E-state index contributed by atoms with van der Waals surface area (Å²) in [6, 6.07) is 42.1. The Balaban J connectivity index is 1.82. The summed E-state index contributed by atoms with van der Waals surface area (Å²) in [7, 11) is 0. The molecule has 0 saturated carbocycles. The molecular formula is C31H21N3O. The van der Waals surface area contributed by atoms with Crippen molar-refractivity contribution in [2.75, 3.05) is 4.90 Å². The van der Waals surface area contributed by atoms with E-state index in [2.05, 4.69) is 6.07 Å². The van der Waals surface area contributed by atoms with Gasteiger partial charge >= 0.3 is 0 Å². The first kappa shape index (κ1) is 21.8. The smallest absolute Gasteiger partial charge is 0.264 e. The predicted octanol–water partition coefficient (Wildman–Crippen LogP) is 7.27. The van der Waals surface area contributed by atoms with Gasteiger partial charge in [-0.3, -0.25) is 9.69 Å². The van der Waals surface area contributed by atoms with Gasteiger partial charge in [0.05, 0.1) is 11.4 Å². The second-order valence-electron chi connectivity index (χ2n) is 7.94. The lowest BCUT2D eigenvalue weighted by Gasteiger charge is -2.25. The van der Waals surface area contributed by atoms with Gasteiger partial charge in [0.15, 0.2) is 5.82 Å². The summed E-state index contributed by atoms with van der Waals surface area (Å²) in [4.78, 5) is 20.3. The third-order valence-electron chi connectivity index (χ3n) is 5.72. The molecule has 4 heteroatoms. The fourth-order valence-corrected chi connectivity index (χ4v) is 4.03. The third kappa shape index (κ3) is 4.44. The van der Waals surface area contributed by atoms with Crippen LogP contribution in [-0.2, 0) is 0 Å². The number of carbonyl (C=O) groups excluding carboxylic acids is 1. The van der Waals surface area contributed by atoms with Gasteiger partial charge in [-0.1, -0.05) is 97.1 Å². The molecule has 0 unspecified atom stereocenters. The van der Waals surface area contributed by atoms with E-state index in [0.29, 0.717) is 28.3 Å². The Kier molecular flexibility index (Phi) is 6.15. The SMILES string of the molecule is N#Cc1c(-c2ccccc2)cc(-c2ccccc2)nc1N(C(=O)c1ccccc1)c1ccccc1. The molecule has 5 rings (SSSR count). The maximum Gasteiger partial charge on any atom is 0.264 e. The number of para-hydroxylation sites is 1. The number of anilines is 2. The zero-order valence-electron chi connectivity index (χ0n) is 18.9. The minimum atomic E-state index is -0.259. The highest BCUT2D eigenvalue weighted by molar-refractivity contribution is 6.11. The van der Waals surface area contributed by atoms with Gasteiger partial charge in [0.25, 0.3) is 5.91 Å². The Bertz CT molecular complexity index is 1490. The first-order valence-corrected chi connectivity index (χ1v) is 11.3. The molecule has 0 bridgehead atoms. The van der Waals surface area contributed by atoms with Crippen LogP contribution in [0.15, 0.2) is 127 Å². The van der Waals surface area contributed by atoms with Crippen LogP contribution < -0.4 is 4.90 Å². The minimum Gasteiger partial charge on any atom is -0.268 e. The molecule has 0 saturated heterocycles. The van der Waals surface area contributed by atoms with Crippen LogP contribution in [0.2, 0.25) is 0 Å². The molecule has 4 nitrogen and oxygen atoms in total. The number of amides is 1. The molecule has 0 aliphatic carbocycles. The number of rotatable bonds is 5. The lowest BCUT2D eigenvalue weighted by atomic mass is 9.97. The van der Waals surface area contributed by atoms with Gasteiger partial charge in [-0.25, -0.2) is 4.98 Å². The van der Waals surface area contributed by atoms with E-state index in [1.807, 2.05) is 115 Å². The van der Waals surface area contributed by atoms with Crippen molar-refractivity contribution >= 4 is 17.4 Å². The predicted molar refractivity (Wildman–Crippen MR) is 139 cm³/mol. The molecule has 0 N–H and O–H groups in total. The normalized spacial score (nSPS) is 10.4. The van der Waals surface area contributed by atoms with E-state index in [9.17, 15) is 10.1 Å². The van der Waals surface area contributed by atoms with Gasteiger partial charge in [0.2, 0.25) is 0 Å². The van der Waals surface area contributed by atoms with Crippen LogP contribution in [-0.4, -0.2) is 10.9 Å². The van der Waals surface area contributed by atoms with E-state index in [1.165, 1.54) is 4.90 Å². The largest absolute Gasteiger partial charge is 0.268 e. The van der Waals surface area contributed by atoms with Gasteiger partial charge in [0, 0.05) is 16.7 Å². The van der Waals surface area contributed by atoms with Gasteiger partial charge in [-0.15, -0.1) is 0 Å². The summed E-state index contributed by atoms with van der Waals surface area (Å²) in [5.41, 5.74) is 4.66. The Morgan fingerprint density at radius 1 is 0.686 bits per heavy atom. The van der Waals surface area contributed by atoms with Crippen molar-refractivity contribution in [1.29, 1.82) is 5.26 Å². The average Bonchev–Trinajstić information content (AvgIpc) is 2.94. The molecule has 0 radical (unpaired) electrons. The van der Waals surface area contributed by atoms with E-state index in [4.69, 9.17) is 4.98 Å². The number of carbonyl (C=O) groups is 1. The topological polar surface area (TPSA) is 57.0 Å². The van der Waals surface area contributed by atoms with Crippen LogP contribution in [0.3, 0.4) is 0 Å². The number of nitriles is 1. The molecule has 1 aromatic heterocycles. The maximum absolute atomic E-state index is 13.9. The number of hydrogen-bond donors (Lipinski definition) is 0. The summed E-state index contributed by atoms with van der Waals surface area (Å²) < 4.78 is 0. The quantitative estimate of drug-likeness (QED) is 0.282. The molecule has 0 spiro atoms. The fourth-order valence-electron chi connectivity index (χ4n) is 4.03. The van der Waals surface area contributed by atoms with Crippen molar-refractivity contribution in [1.82, 2.24) is 4.98 Å². The lowest BCUT2D eigenvalue weighted by molar-refractivity contribution is 0.0998. The highest BCUT2D eigenvalue weighted by Gasteiger charge is 2.27. The maximum atomic E-state index is 13.9. The second kappa shape index (κ2) is 9.86. The summed E-state index contributed by atoms with van der Waals surface area (Å²) in [5.74, 6) is 0.0396. The van der Waals surface area contributed by atoms with Crippen molar-refractivity contribution in [3.05, 3.63) is 139 Å². The Morgan fingerprint density at radius 2 is 1.20 bits per heavy atom. The highest BCUT2D eigenvalue weighted by atomic mass is 16.2. The monoisotopic (exact) mass is 451 g/mol. The van der Waals surface area contributed by atoms with E-state index in [-0.39, 0.29) is 5.91 Å². The van der Waals surface area contributed by atoms with E-state index >= 15 is 0 Å². The lowest BCUT2D eigenvalue weighted by Crippen LogP contribution is -2.28. The Morgan fingerprint density at radius 3 is 1.77 bits per heavy atom. The summed E-state index contributed by atoms with van der Waals surface area (Å²) >= 11 is 0. The van der Waals surface area contributed by atoms with Crippen molar-refractivity contribution in [3.8, 4) is 28.5 Å². The van der Waals surface area contributed by atoms with Crippen LogP contribution in [0.5, 0.6) is 0 Å². The van der Waals surface area contributed by atoms with Crippen molar-refractivity contribution < 1.29 is 4.79 Å². The molecule has 5 aromatic rings. The molecule has 35 heavy (non-hydrogen) atoms. The molecular weight excluding hydrogens is 430 g/mol. The zero-order valence-corrected chi connectivity index (χ0v) is 18.9. The van der Waals surface area contributed by atoms with Crippen molar-refractivity contribution in [2.24, 2.45) is 0 Å². The van der Waals surface area contributed by atoms with Gasteiger partial charge in [-0.05, 0) is 35.9 Å². The number of aromatic nitrogens is 1. The van der Waals surface area contributed by atoms with Crippen LogP contribution in [0, 0.1) is 11.3 Å². The molecule has 0 atom stereocenters. The Labute approximate surface area is 204 Å². The summed E-state index contributed by atoms with van der Waals surface area (Å²) in [6.45, 7) is 0. The van der Waals surface area contributed by atoms with Crippen molar-refractivity contribution in [2.45, 2.75) is 0 Å². The summed E-state index contributed by atoms with van der Waals surface area (Å²) in [6.07, 6.45) is 0. The van der Waals surface area contributed by atoms with Gasteiger partial charge in [-0.2, -0.15) is 5.26 Å². The minimum absolute atomic E-state index is 0.259. The van der Waals surface area contributed by atoms with Crippen molar-refractivity contribution in [3.63, 3.8) is 0 Å². The number of nitrogens with zero attached hydrogens (tertiary/aromatic N) is 3. The number of hydrogen-bond acceptors (Lipinski definition) is 3. The average molecular weight is 452 g/mol. The molecule has 0 aliphatic heterocycles. The molecule has 166 valence electrons. The Hall–Kier alpha value is -5.01. The van der Waals surface area contributed by atoms with Crippen LogP contribution in [0.25, 0.3) is 22.4 Å². The molecule has 4 aromatic carbocycles. The summed E-state index contributed by atoms with van der Waals surface area (Å²) in [5, 5.41) is 10.3. The molecule has 1 amide bonds. The third-order valence-corrected chi connectivity index (χ3v) is 5.72. The molecule has 1 heterocycles. The van der Waals surface area contributed by atoms with Gasteiger partial charge < -0.3 is 0 Å². The van der Waals surface area contributed by atoms with E-state index in [1.54, 1.807) is 12.1 Å². The van der Waals surface area contributed by atoms with Crippen LogP contribution in [0.4, 0.5) is 11.5 Å². The zero-order chi connectivity index (χ0) is 24.0. The van der Waals surface area contributed by atoms with E-state index < -0.39 is 0 Å². The van der Waals surface area contributed by atoms with Crippen LogP contribution >= 0.6 is 0 Å². The van der Waals surface area contributed by atoms with Crippen LogP contribution in [0.1, 0.15) is 15.9 Å². The first-order chi connectivity index (χ1) is 17.3. The standard InChI is InChI=1S/C31H21N3O/c32-22-28-27(23-13-5-1-6-14-23)21-29(24-15-7-2-8-16-24)33-30(28)34(26-19-11-4-12-20-26)31(35)25-17-9-3-10-18-25/h1-21H. The fraction of sp³-hybridized carbons (Fsp3) is 0.